The maximum Gasteiger partial charge on any atom is 0.259 e. The summed E-state index contributed by atoms with van der Waals surface area (Å²) in [5.41, 5.74) is 3.16. The number of thiophene rings is 1. The molecule has 1 N–H and O–H groups in total. The summed E-state index contributed by atoms with van der Waals surface area (Å²) in [7, 11) is 3.46. The molecule has 0 unspecified atom stereocenters. The van der Waals surface area contributed by atoms with Gasteiger partial charge in [-0.3, -0.25) is 9.69 Å². The fourth-order valence-electron chi connectivity index (χ4n) is 4.37. The van der Waals surface area contributed by atoms with Gasteiger partial charge in [0.2, 0.25) is 0 Å². The first kappa shape index (κ1) is 22.7. The van der Waals surface area contributed by atoms with E-state index in [2.05, 4.69) is 16.3 Å². The number of rotatable bonds is 7. The lowest BCUT2D eigenvalue weighted by Crippen LogP contribution is -2.42. The highest BCUT2D eigenvalue weighted by Gasteiger charge is 2.17. The summed E-state index contributed by atoms with van der Waals surface area (Å²) in [6.07, 6.45) is 1.93. The first-order chi connectivity index (χ1) is 16.6. The molecular formula is C27H29N3O3S. The number of aromatic nitrogens is 1. The van der Waals surface area contributed by atoms with Crippen molar-refractivity contribution in [3.05, 3.63) is 81.6 Å². The van der Waals surface area contributed by atoms with Crippen LogP contribution in [0.2, 0.25) is 0 Å². The van der Waals surface area contributed by atoms with Crippen LogP contribution in [0.4, 0.5) is 0 Å². The van der Waals surface area contributed by atoms with Crippen molar-refractivity contribution in [2.75, 3.05) is 33.3 Å². The smallest absolute Gasteiger partial charge is 0.259 e. The van der Waals surface area contributed by atoms with E-state index in [0.29, 0.717) is 18.1 Å². The Balaban J connectivity index is 1.51. The minimum Gasteiger partial charge on any atom is -0.493 e. The first-order valence-electron chi connectivity index (χ1n) is 11.5. The number of aryl methyl sites for hydroxylation is 1. The third-order valence-electron chi connectivity index (χ3n) is 6.20. The van der Waals surface area contributed by atoms with Gasteiger partial charge in [-0.2, -0.15) is 0 Å². The third-order valence-corrected chi connectivity index (χ3v) is 7.36. The van der Waals surface area contributed by atoms with Crippen molar-refractivity contribution >= 4 is 21.4 Å². The number of nitrogens with one attached hydrogen (secondary N) is 1. The van der Waals surface area contributed by atoms with Gasteiger partial charge in [0.1, 0.15) is 6.61 Å². The van der Waals surface area contributed by atoms with Crippen LogP contribution in [0, 0.1) is 0 Å². The zero-order chi connectivity index (χ0) is 23.5. The Morgan fingerprint density at radius 2 is 1.82 bits per heavy atom. The lowest BCUT2D eigenvalue weighted by atomic mass is 10.1. The number of fused-ring (bicyclic) bond motifs is 1. The lowest BCUT2D eigenvalue weighted by molar-refractivity contribution is 0.235. The Labute approximate surface area is 203 Å². The average molecular weight is 476 g/mol. The molecule has 1 aliphatic heterocycles. The summed E-state index contributed by atoms with van der Waals surface area (Å²) in [5, 5.41) is 4.17. The fraction of sp³-hybridized carbons (Fsp3) is 0.296. The second kappa shape index (κ2) is 10.0. The van der Waals surface area contributed by atoms with Crippen molar-refractivity contribution in [1.82, 2.24) is 14.8 Å². The average Bonchev–Trinajstić information content (AvgIpc) is 3.30. The van der Waals surface area contributed by atoms with E-state index in [-0.39, 0.29) is 5.56 Å². The molecule has 5 rings (SSSR count). The summed E-state index contributed by atoms with van der Waals surface area (Å²) in [6, 6.07) is 18.1. The number of ether oxygens (including phenoxy) is 2. The molecule has 0 spiro atoms. The number of piperazine rings is 1. The summed E-state index contributed by atoms with van der Waals surface area (Å²) in [6.45, 7) is 5.40. The minimum atomic E-state index is 0.0376. The molecule has 0 bridgehead atoms. The van der Waals surface area contributed by atoms with E-state index in [4.69, 9.17) is 9.47 Å². The molecule has 1 aliphatic rings. The van der Waals surface area contributed by atoms with Crippen molar-refractivity contribution in [2.45, 2.75) is 13.2 Å². The molecule has 4 aromatic rings. The van der Waals surface area contributed by atoms with Crippen LogP contribution in [0.15, 0.2) is 65.6 Å². The highest BCUT2D eigenvalue weighted by atomic mass is 32.1. The molecule has 0 radical (unpaired) electrons. The van der Waals surface area contributed by atoms with Gasteiger partial charge in [-0.1, -0.05) is 36.4 Å². The van der Waals surface area contributed by atoms with E-state index < -0.39 is 0 Å². The van der Waals surface area contributed by atoms with Gasteiger partial charge >= 0.3 is 0 Å². The van der Waals surface area contributed by atoms with Crippen molar-refractivity contribution < 1.29 is 9.47 Å². The zero-order valence-electron chi connectivity index (χ0n) is 19.5. The number of benzene rings is 2. The van der Waals surface area contributed by atoms with Crippen molar-refractivity contribution in [3.8, 4) is 22.6 Å². The molecule has 2 aromatic heterocycles. The Morgan fingerprint density at radius 3 is 2.59 bits per heavy atom. The summed E-state index contributed by atoms with van der Waals surface area (Å²) < 4.78 is 14.4. The molecule has 7 heteroatoms. The highest BCUT2D eigenvalue weighted by Crippen LogP contribution is 2.38. The first-order valence-corrected chi connectivity index (χ1v) is 12.3. The van der Waals surface area contributed by atoms with Crippen LogP contribution >= 0.6 is 11.3 Å². The number of nitrogens with zero attached hydrogens (tertiary/aromatic N) is 2. The van der Waals surface area contributed by atoms with E-state index in [1.165, 1.54) is 4.88 Å². The predicted octanol–water partition coefficient (Wildman–Crippen LogP) is 4.26. The highest BCUT2D eigenvalue weighted by molar-refractivity contribution is 7.19. The second-order valence-electron chi connectivity index (χ2n) is 8.58. The summed E-state index contributed by atoms with van der Waals surface area (Å²) >= 11 is 1.71. The molecule has 176 valence electrons. The number of hydrogen-bond acceptors (Lipinski definition) is 6. The Morgan fingerprint density at radius 1 is 1.03 bits per heavy atom. The van der Waals surface area contributed by atoms with Gasteiger partial charge in [0, 0.05) is 61.1 Å². The van der Waals surface area contributed by atoms with Crippen LogP contribution < -0.4 is 20.3 Å². The van der Waals surface area contributed by atoms with Crippen molar-refractivity contribution in [2.24, 2.45) is 7.05 Å². The van der Waals surface area contributed by atoms with Crippen LogP contribution in [0.5, 0.6) is 11.5 Å². The second-order valence-corrected chi connectivity index (χ2v) is 9.72. The lowest BCUT2D eigenvalue weighted by Gasteiger charge is -2.26. The standard InChI is InChI=1S/C27H29N3O3S/c1-29-17-23(26-22(27(29)31)15-21(34-26)16-30-12-10-28-11-13-30)20-8-9-24(32-2)25(14-20)33-18-19-6-4-3-5-7-19/h3-9,14-15,17,28H,10-13,16,18H2,1-2H3. The van der Waals surface area contributed by atoms with Gasteiger partial charge < -0.3 is 19.4 Å². The van der Waals surface area contributed by atoms with E-state index >= 15 is 0 Å². The van der Waals surface area contributed by atoms with E-state index in [9.17, 15) is 4.79 Å². The van der Waals surface area contributed by atoms with Gasteiger partial charge in [-0.25, -0.2) is 0 Å². The van der Waals surface area contributed by atoms with Gasteiger partial charge in [0.25, 0.3) is 5.56 Å². The van der Waals surface area contributed by atoms with Crippen LogP contribution in [0.1, 0.15) is 10.4 Å². The third kappa shape index (κ3) is 4.73. The molecule has 6 nitrogen and oxygen atoms in total. The maximum atomic E-state index is 12.9. The van der Waals surface area contributed by atoms with Gasteiger partial charge in [-0.05, 0) is 29.3 Å². The van der Waals surface area contributed by atoms with Gasteiger partial charge in [-0.15, -0.1) is 11.3 Å². The molecule has 0 saturated carbocycles. The van der Waals surface area contributed by atoms with Crippen LogP contribution in [0.3, 0.4) is 0 Å². The molecular weight excluding hydrogens is 446 g/mol. The Kier molecular flexibility index (Phi) is 6.67. The molecule has 1 fully saturated rings. The Bertz CT molecular complexity index is 1340. The number of pyridine rings is 1. The molecule has 0 atom stereocenters. The molecule has 0 aliphatic carbocycles. The number of hydrogen-bond donors (Lipinski definition) is 1. The Hall–Kier alpha value is -3.13. The van der Waals surface area contributed by atoms with Crippen LogP contribution in [-0.2, 0) is 20.2 Å². The predicted molar refractivity (Wildman–Crippen MR) is 138 cm³/mol. The molecule has 0 amide bonds. The zero-order valence-corrected chi connectivity index (χ0v) is 20.4. The minimum absolute atomic E-state index is 0.0376. The molecule has 3 heterocycles. The quantitative estimate of drug-likeness (QED) is 0.433. The van der Waals surface area contributed by atoms with E-state index in [1.54, 1.807) is 23.0 Å². The number of methoxy groups -OCH3 is 1. The SMILES string of the molecule is COc1ccc(-c2cn(C)c(=O)c3cc(CN4CCNCC4)sc23)cc1OCc1ccccc1. The molecule has 34 heavy (non-hydrogen) atoms. The van der Waals surface area contributed by atoms with E-state index in [1.807, 2.05) is 61.8 Å². The summed E-state index contributed by atoms with van der Waals surface area (Å²) in [4.78, 5) is 16.6. The topological polar surface area (TPSA) is 55.7 Å². The van der Waals surface area contributed by atoms with Crippen molar-refractivity contribution in [3.63, 3.8) is 0 Å². The van der Waals surface area contributed by atoms with Gasteiger partial charge in [0.15, 0.2) is 11.5 Å². The molecule has 1 saturated heterocycles. The fourth-order valence-corrected chi connectivity index (χ4v) is 5.59. The summed E-state index contributed by atoms with van der Waals surface area (Å²) in [5.74, 6) is 1.37. The van der Waals surface area contributed by atoms with Crippen LogP contribution in [-0.4, -0.2) is 42.8 Å². The van der Waals surface area contributed by atoms with Crippen molar-refractivity contribution in [1.29, 1.82) is 0 Å². The molecule has 2 aromatic carbocycles. The van der Waals surface area contributed by atoms with Crippen LogP contribution in [0.25, 0.3) is 21.2 Å². The largest absolute Gasteiger partial charge is 0.493 e. The van der Waals surface area contributed by atoms with Gasteiger partial charge in [0.05, 0.1) is 12.5 Å². The normalized spacial score (nSPS) is 14.4. The monoisotopic (exact) mass is 475 g/mol. The van der Waals surface area contributed by atoms with E-state index in [0.717, 1.165) is 59.5 Å². The maximum absolute atomic E-state index is 12.9.